The quantitative estimate of drug-likeness (QED) is 0.770. The predicted octanol–water partition coefficient (Wildman–Crippen LogP) is 0.967. The van der Waals surface area contributed by atoms with Gasteiger partial charge in [0, 0.05) is 19.3 Å². The van der Waals surface area contributed by atoms with Gasteiger partial charge in [-0.05, 0) is 12.1 Å². The van der Waals surface area contributed by atoms with Gasteiger partial charge in [0.25, 0.3) is 0 Å². The third-order valence-corrected chi connectivity index (χ3v) is 2.86. The molecule has 0 radical (unpaired) electrons. The van der Waals surface area contributed by atoms with Gasteiger partial charge in [-0.25, -0.2) is 4.79 Å². The van der Waals surface area contributed by atoms with Gasteiger partial charge in [-0.15, -0.1) is 0 Å². The Morgan fingerprint density at radius 2 is 2.15 bits per heavy atom. The zero-order valence-corrected chi connectivity index (χ0v) is 10.7. The Morgan fingerprint density at radius 3 is 2.90 bits per heavy atom. The van der Waals surface area contributed by atoms with Crippen LogP contribution in [0, 0.1) is 0 Å². The molecule has 3 rings (SSSR count). The Morgan fingerprint density at radius 1 is 1.35 bits per heavy atom. The molecule has 2 aromatic heterocycles. The third-order valence-electron chi connectivity index (χ3n) is 2.86. The summed E-state index contributed by atoms with van der Waals surface area (Å²) in [5.41, 5.74) is 1.05. The molecule has 0 atom stereocenters. The molecule has 20 heavy (non-hydrogen) atoms. The van der Waals surface area contributed by atoms with E-state index < -0.39 is 5.76 Å². The number of carbonyl (C=O) groups excluding carboxylic acids is 1. The van der Waals surface area contributed by atoms with E-state index in [0.29, 0.717) is 16.9 Å². The molecule has 7 heteroatoms. The molecule has 0 saturated carbocycles. The normalized spacial score (nSPS) is 10.8. The molecule has 3 aromatic rings. The molecule has 1 amide bonds. The summed E-state index contributed by atoms with van der Waals surface area (Å²) < 4.78 is 7.93. The third kappa shape index (κ3) is 2.20. The van der Waals surface area contributed by atoms with E-state index in [9.17, 15) is 9.59 Å². The summed E-state index contributed by atoms with van der Waals surface area (Å²) in [4.78, 5) is 23.7. The smallest absolute Gasteiger partial charge is 0.408 e. The Balaban J connectivity index is 1.84. The second kappa shape index (κ2) is 4.69. The summed E-state index contributed by atoms with van der Waals surface area (Å²) in [6, 6.07) is 8.64. The van der Waals surface area contributed by atoms with Gasteiger partial charge >= 0.3 is 5.76 Å². The lowest BCUT2D eigenvalue weighted by Crippen LogP contribution is -2.24. The maximum atomic E-state index is 11.9. The first kappa shape index (κ1) is 12.2. The number of anilines is 1. The van der Waals surface area contributed by atoms with Crippen LogP contribution in [-0.2, 0) is 18.4 Å². The van der Waals surface area contributed by atoms with Gasteiger partial charge in [0.2, 0.25) is 5.91 Å². The highest BCUT2D eigenvalue weighted by Crippen LogP contribution is 2.11. The second-order valence-electron chi connectivity index (χ2n) is 4.34. The molecule has 0 spiro atoms. The van der Waals surface area contributed by atoms with Gasteiger partial charge in [-0.3, -0.25) is 14.0 Å². The topological polar surface area (TPSA) is 82.1 Å². The van der Waals surface area contributed by atoms with E-state index in [1.165, 1.54) is 4.57 Å². The van der Waals surface area contributed by atoms with Gasteiger partial charge in [-0.1, -0.05) is 12.1 Å². The number of hydrogen-bond acceptors (Lipinski definition) is 4. The van der Waals surface area contributed by atoms with Crippen LogP contribution in [0.25, 0.3) is 11.1 Å². The van der Waals surface area contributed by atoms with Crippen molar-refractivity contribution < 1.29 is 9.21 Å². The number of hydrogen-bond donors (Lipinski definition) is 1. The van der Waals surface area contributed by atoms with Crippen LogP contribution >= 0.6 is 0 Å². The van der Waals surface area contributed by atoms with Crippen molar-refractivity contribution in [3.8, 4) is 0 Å². The van der Waals surface area contributed by atoms with Crippen molar-refractivity contribution in [2.24, 2.45) is 7.05 Å². The summed E-state index contributed by atoms with van der Waals surface area (Å²) in [7, 11) is 1.75. The monoisotopic (exact) mass is 272 g/mol. The number of amides is 1. The molecular formula is C13H12N4O3. The Hall–Kier alpha value is -2.83. The van der Waals surface area contributed by atoms with Crippen LogP contribution in [0.2, 0.25) is 0 Å². The number of aromatic nitrogens is 3. The van der Waals surface area contributed by atoms with Gasteiger partial charge in [-0.2, -0.15) is 5.10 Å². The highest BCUT2D eigenvalue weighted by Gasteiger charge is 2.12. The number of oxazole rings is 1. The summed E-state index contributed by atoms with van der Waals surface area (Å²) in [5.74, 6) is -0.446. The van der Waals surface area contributed by atoms with Crippen LogP contribution in [0.15, 0.2) is 45.7 Å². The number of benzene rings is 1. The number of fused-ring (bicyclic) bond motifs is 1. The second-order valence-corrected chi connectivity index (χ2v) is 4.34. The fourth-order valence-electron chi connectivity index (χ4n) is 1.97. The lowest BCUT2D eigenvalue weighted by atomic mass is 10.3. The average molecular weight is 272 g/mol. The largest absolute Gasteiger partial charge is 0.420 e. The van der Waals surface area contributed by atoms with E-state index in [1.807, 2.05) is 0 Å². The first-order chi connectivity index (χ1) is 9.63. The first-order valence-corrected chi connectivity index (χ1v) is 6.01. The number of para-hydroxylation sites is 2. The number of nitrogens with zero attached hydrogens (tertiary/aromatic N) is 3. The maximum Gasteiger partial charge on any atom is 0.420 e. The molecule has 0 fully saturated rings. The molecule has 0 aliphatic carbocycles. The maximum absolute atomic E-state index is 11.9. The molecule has 1 aromatic carbocycles. The van der Waals surface area contributed by atoms with Gasteiger partial charge in [0.1, 0.15) is 6.54 Å². The molecule has 0 aliphatic rings. The standard InChI is InChI=1S/C13H12N4O3/c1-16-7-6-11(15-16)14-12(18)8-17-9-4-2-3-5-10(9)20-13(17)19/h2-7H,8H2,1H3,(H,14,15,18). The van der Waals surface area contributed by atoms with Crippen molar-refractivity contribution in [3.63, 3.8) is 0 Å². The summed E-state index contributed by atoms with van der Waals surface area (Å²) >= 11 is 0. The van der Waals surface area contributed by atoms with Crippen LogP contribution in [-0.4, -0.2) is 20.3 Å². The minimum Gasteiger partial charge on any atom is -0.408 e. The lowest BCUT2D eigenvalue weighted by molar-refractivity contribution is -0.116. The summed E-state index contributed by atoms with van der Waals surface area (Å²) in [6.45, 7) is -0.119. The van der Waals surface area contributed by atoms with Crippen LogP contribution in [0.4, 0.5) is 5.82 Å². The first-order valence-electron chi connectivity index (χ1n) is 6.01. The van der Waals surface area contributed by atoms with E-state index in [4.69, 9.17) is 4.42 Å². The number of rotatable bonds is 3. The number of aryl methyl sites for hydroxylation is 1. The van der Waals surface area contributed by atoms with Crippen LogP contribution in [0.5, 0.6) is 0 Å². The molecule has 1 N–H and O–H groups in total. The number of nitrogens with one attached hydrogen (secondary N) is 1. The minimum absolute atomic E-state index is 0.119. The number of carbonyl (C=O) groups is 1. The van der Waals surface area contributed by atoms with E-state index in [0.717, 1.165) is 0 Å². The van der Waals surface area contributed by atoms with Crippen LogP contribution in [0.1, 0.15) is 0 Å². The fourth-order valence-corrected chi connectivity index (χ4v) is 1.97. The Labute approximate surface area is 113 Å². The van der Waals surface area contributed by atoms with Gasteiger partial charge < -0.3 is 9.73 Å². The molecule has 2 heterocycles. The molecule has 0 aliphatic heterocycles. The fraction of sp³-hybridized carbons (Fsp3) is 0.154. The van der Waals surface area contributed by atoms with Crippen molar-refractivity contribution in [1.82, 2.24) is 14.3 Å². The average Bonchev–Trinajstić information content (AvgIpc) is 2.94. The zero-order valence-electron chi connectivity index (χ0n) is 10.7. The Bertz CT molecular complexity index is 827. The van der Waals surface area contributed by atoms with Crippen LogP contribution < -0.4 is 11.1 Å². The Kier molecular flexibility index (Phi) is 2.86. The van der Waals surface area contributed by atoms with E-state index in [2.05, 4.69) is 10.4 Å². The summed E-state index contributed by atoms with van der Waals surface area (Å²) in [6.07, 6.45) is 1.72. The molecule has 0 bridgehead atoms. The highest BCUT2D eigenvalue weighted by atomic mass is 16.4. The van der Waals surface area contributed by atoms with E-state index >= 15 is 0 Å². The van der Waals surface area contributed by atoms with Crippen molar-refractivity contribution in [1.29, 1.82) is 0 Å². The van der Waals surface area contributed by atoms with Crippen molar-refractivity contribution in [2.75, 3.05) is 5.32 Å². The van der Waals surface area contributed by atoms with Crippen molar-refractivity contribution >= 4 is 22.8 Å². The molecule has 0 saturated heterocycles. The predicted molar refractivity (Wildman–Crippen MR) is 72.3 cm³/mol. The van der Waals surface area contributed by atoms with E-state index in [1.54, 1.807) is 48.3 Å². The minimum atomic E-state index is -0.553. The SMILES string of the molecule is Cn1ccc(NC(=O)Cn2c(=O)oc3ccccc32)n1. The highest BCUT2D eigenvalue weighted by molar-refractivity contribution is 5.90. The molecule has 7 nitrogen and oxygen atoms in total. The van der Waals surface area contributed by atoms with Gasteiger partial charge in [0.15, 0.2) is 11.4 Å². The summed E-state index contributed by atoms with van der Waals surface area (Å²) in [5, 5.41) is 6.66. The molecular weight excluding hydrogens is 260 g/mol. The zero-order chi connectivity index (χ0) is 14.1. The lowest BCUT2D eigenvalue weighted by Gasteiger charge is -2.02. The van der Waals surface area contributed by atoms with Crippen molar-refractivity contribution in [3.05, 3.63) is 47.1 Å². The van der Waals surface area contributed by atoms with Crippen LogP contribution in [0.3, 0.4) is 0 Å². The van der Waals surface area contributed by atoms with Crippen molar-refractivity contribution in [2.45, 2.75) is 6.54 Å². The molecule has 102 valence electrons. The van der Waals surface area contributed by atoms with E-state index in [-0.39, 0.29) is 12.5 Å². The molecule has 0 unspecified atom stereocenters. The van der Waals surface area contributed by atoms with Gasteiger partial charge in [0.05, 0.1) is 5.52 Å².